The first-order chi connectivity index (χ1) is 9.81. The first-order valence-electron chi connectivity index (χ1n) is 7.02. The zero-order valence-corrected chi connectivity index (χ0v) is 11.8. The molecule has 0 amide bonds. The van der Waals surface area contributed by atoms with Gasteiger partial charge < -0.3 is 14.6 Å². The number of fused-ring (bicyclic) bond motifs is 1. The zero-order chi connectivity index (χ0) is 13.9. The SMILES string of the molecule is CCCC(OC)c1noc([C@@H]2Cc3ccccc3N2)n1. The largest absolute Gasteiger partial charge is 0.373 e. The molecule has 0 radical (unpaired) electrons. The Morgan fingerprint density at radius 3 is 3.05 bits per heavy atom. The van der Waals surface area contributed by atoms with E-state index in [0.717, 1.165) is 24.9 Å². The van der Waals surface area contributed by atoms with Crippen LogP contribution in [0.2, 0.25) is 0 Å². The quantitative estimate of drug-likeness (QED) is 0.906. The normalized spacial score (nSPS) is 18.6. The first kappa shape index (κ1) is 13.1. The van der Waals surface area contributed by atoms with Gasteiger partial charge in [-0.15, -0.1) is 0 Å². The summed E-state index contributed by atoms with van der Waals surface area (Å²) in [5.41, 5.74) is 2.43. The number of anilines is 1. The third-order valence-corrected chi connectivity index (χ3v) is 3.65. The van der Waals surface area contributed by atoms with Crippen molar-refractivity contribution in [2.75, 3.05) is 12.4 Å². The van der Waals surface area contributed by atoms with E-state index in [0.29, 0.717) is 11.7 Å². The summed E-state index contributed by atoms with van der Waals surface area (Å²) < 4.78 is 10.8. The highest BCUT2D eigenvalue weighted by atomic mass is 16.5. The molecule has 2 atom stereocenters. The Bertz CT molecular complexity index is 557. The predicted octanol–water partition coefficient (Wildman–Crippen LogP) is 3.27. The number of ether oxygens (including phenoxy) is 1. The molecule has 0 spiro atoms. The van der Waals surface area contributed by atoms with Crippen LogP contribution in [0, 0.1) is 0 Å². The van der Waals surface area contributed by atoms with Crippen LogP contribution in [0.3, 0.4) is 0 Å². The van der Waals surface area contributed by atoms with Crippen LogP contribution >= 0.6 is 0 Å². The van der Waals surface area contributed by atoms with E-state index in [9.17, 15) is 0 Å². The molecule has 5 nitrogen and oxygen atoms in total. The Morgan fingerprint density at radius 1 is 1.45 bits per heavy atom. The lowest BCUT2D eigenvalue weighted by molar-refractivity contribution is 0.0854. The number of hydrogen-bond acceptors (Lipinski definition) is 5. The van der Waals surface area contributed by atoms with Gasteiger partial charge >= 0.3 is 0 Å². The van der Waals surface area contributed by atoms with Gasteiger partial charge in [0.15, 0.2) is 0 Å². The van der Waals surface area contributed by atoms with Gasteiger partial charge in [-0.3, -0.25) is 0 Å². The van der Waals surface area contributed by atoms with E-state index in [1.165, 1.54) is 5.56 Å². The van der Waals surface area contributed by atoms with Crippen molar-refractivity contribution in [3.63, 3.8) is 0 Å². The highest BCUT2D eigenvalue weighted by Gasteiger charge is 2.27. The number of methoxy groups -OCH3 is 1. The average molecular weight is 273 g/mol. The maximum atomic E-state index is 5.41. The van der Waals surface area contributed by atoms with Crippen molar-refractivity contribution in [1.82, 2.24) is 10.1 Å². The molecule has 2 aromatic rings. The lowest BCUT2D eigenvalue weighted by Gasteiger charge is -2.08. The van der Waals surface area contributed by atoms with Crippen LogP contribution in [0.4, 0.5) is 5.69 Å². The molecule has 1 aliphatic heterocycles. The van der Waals surface area contributed by atoms with E-state index in [-0.39, 0.29) is 12.1 Å². The van der Waals surface area contributed by atoms with Gasteiger partial charge in [0.1, 0.15) is 12.1 Å². The van der Waals surface area contributed by atoms with Gasteiger partial charge in [0.2, 0.25) is 11.7 Å². The number of rotatable bonds is 5. The summed E-state index contributed by atoms with van der Waals surface area (Å²) in [5.74, 6) is 1.27. The van der Waals surface area contributed by atoms with Gasteiger partial charge in [0, 0.05) is 19.2 Å². The second kappa shape index (κ2) is 5.63. The topological polar surface area (TPSA) is 60.2 Å². The second-order valence-electron chi connectivity index (χ2n) is 5.06. The number of aromatic nitrogens is 2. The average Bonchev–Trinajstić information content (AvgIpc) is 3.10. The maximum absolute atomic E-state index is 5.41. The number of para-hydroxylation sites is 1. The van der Waals surface area contributed by atoms with Crippen molar-refractivity contribution >= 4 is 5.69 Å². The molecule has 5 heteroatoms. The minimum absolute atomic E-state index is 0.0628. The molecule has 1 N–H and O–H groups in total. The predicted molar refractivity (Wildman–Crippen MR) is 75.5 cm³/mol. The molecule has 0 saturated carbocycles. The molecule has 2 heterocycles. The van der Waals surface area contributed by atoms with Crippen LogP contribution in [-0.2, 0) is 11.2 Å². The van der Waals surface area contributed by atoms with Crippen LogP contribution in [0.25, 0.3) is 0 Å². The third-order valence-electron chi connectivity index (χ3n) is 3.65. The van der Waals surface area contributed by atoms with E-state index in [2.05, 4.69) is 34.5 Å². The van der Waals surface area contributed by atoms with E-state index >= 15 is 0 Å². The summed E-state index contributed by atoms with van der Waals surface area (Å²) >= 11 is 0. The summed E-state index contributed by atoms with van der Waals surface area (Å²) in [4.78, 5) is 4.50. The van der Waals surface area contributed by atoms with E-state index < -0.39 is 0 Å². The molecular formula is C15H19N3O2. The van der Waals surface area contributed by atoms with Crippen molar-refractivity contribution in [3.8, 4) is 0 Å². The Hall–Kier alpha value is -1.88. The number of nitrogens with zero attached hydrogens (tertiary/aromatic N) is 2. The fraction of sp³-hybridized carbons (Fsp3) is 0.467. The van der Waals surface area contributed by atoms with Crippen LogP contribution < -0.4 is 5.32 Å². The summed E-state index contributed by atoms with van der Waals surface area (Å²) in [5, 5.41) is 7.48. The molecule has 1 aromatic heterocycles. The molecule has 0 bridgehead atoms. The van der Waals surface area contributed by atoms with Crippen molar-refractivity contribution in [3.05, 3.63) is 41.5 Å². The Morgan fingerprint density at radius 2 is 2.30 bits per heavy atom. The standard InChI is InChI=1S/C15H19N3O2/c1-3-6-13(19-2)14-17-15(20-18-14)12-9-10-7-4-5-8-11(10)16-12/h4-5,7-8,12-13,16H,3,6,9H2,1-2H3/t12-,13?/m0/s1. The fourth-order valence-corrected chi connectivity index (χ4v) is 2.58. The fourth-order valence-electron chi connectivity index (χ4n) is 2.58. The smallest absolute Gasteiger partial charge is 0.249 e. The molecule has 0 aliphatic carbocycles. The second-order valence-corrected chi connectivity index (χ2v) is 5.06. The number of hydrogen-bond donors (Lipinski definition) is 1. The van der Waals surface area contributed by atoms with Gasteiger partial charge in [-0.1, -0.05) is 36.7 Å². The molecule has 1 aliphatic rings. The van der Waals surface area contributed by atoms with Crippen LogP contribution in [0.1, 0.15) is 49.2 Å². The monoisotopic (exact) mass is 273 g/mol. The summed E-state index contributed by atoms with van der Waals surface area (Å²) in [6, 6.07) is 8.32. The highest BCUT2D eigenvalue weighted by molar-refractivity contribution is 5.56. The first-order valence-corrected chi connectivity index (χ1v) is 7.02. The van der Waals surface area contributed by atoms with Crippen molar-refractivity contribution in [2.24, 2.45) is 0 Å². The van der Waals surface area contributed by atoms with Gasteiger partial charge in [-0.05, 0) is 18.1 Å². The van der Waals surface area contributed by atoms with Crippen LogP contribution in [-0.4, -0.2) is 17.3 Å². The molecule has 3 rings (SSSR count). The zero-order valence-electron chi connectivity index (χ0n) is 11.8. The van der Waals surface area contributed by atoms with E-state index in [1.807, 2.05) is 12.1 Å². The summed E-state index contributed by atoms with van der Waals surface area (Å²) in [6.07, 6.45) is 2.72. The molecule has 1 aromatic carbocycles. The third kappa shape index (κ3) is 2.41. The van der Waals surface area contributed by atoms with Gasteiger partial charge in [-0.25, -0.2) is 0 Å². The molecule has 20 heavy (non-hydrogen) atoms. The summed E-state index contributed by atoms with van der Waals surface area (Å²) in [7, 11) is 1.68. The highest BCUT2D eigenvalue weighted by Crippen LogP contribution is 2.33. The lowest BCUT2D eigenvalue weighted by atomic mass is 10.1. The molecule has 1 unspecified atom stereocenters. The number of benzene rings is 1. The Balaban J connectivity index is 1.75. The maximum Gasteiger partial charge on any atom is 0.249 e. The number of nitrogens with one attached hydrogen (secondary N) is 1. The molecule has 0 saturated heterocycles. The molecule has 106 valence electrons. The molecule has 0 fully saturated rings. The van der Waals surface area contributed by atoms with Crippen LogP contribution in [0.5, 0.6) is 0 Å². The van der Waals surface area contributed by atoms with Crippen molar-refractivity contribution < 1.29 is 9.26 Å². The van der Waals surface area contributed by atoms with Crippen LogP contribution in [0.15, 0.2) is 28.8 Å². The van der Waals surface area contributed by atoms with Crippen molar-refractivity contribution in [2.45, 2.75) is 38.3 Å². The van der Waals surface area contributed by atoms with Gasteiger partial charge in [0.25, 0.3) is 0 Å². The Kier molecular flexibility index (Phi) is 3.69. The van der Waals surface area contributed by atoms with Gasteiger partial charge in [-0.2, -0.15) is 4.98 Å². The van der Waals surface area contributed by atoms with Crippen molar-refractivity contribution in [1.29, 1.82) is 0 Å². The molecular weight excluding hydrogens is 254 g/mol. The van der Waals surface area contributed by atoms with E-state index in [1.54, 1.807) is 7.11 Å². The minimum atomic E-state index is -0.0821. The minimum Gasteiger partial charge on any atom is -0.373 e. The Labute approximate surface area is 118 Å². The summed E-state index contributed by atoms with van der Waals surface area (Å²) in [6.45, 7) is 2.11. The van der Waals surface area contributed by atoms with E-state index in [4.69, 9.17) is 9.26 Å². The van der Waals surface area contributed by atoms with Gasteiger partial charge in [0.05, 0.1) is 0 Å². The lowest BCUT2D eigenvalue weighted by Crippen LogP contribution is -2.07.